The summed E-state index contributed by atoms with van der Waals surface area (Å²) in [5.41, 5.74) is 3.16. The van der Waals surface area contributed by atoms with Crippen LogP contribution in [0.4, 0.5) is 8.78 Å². The summed E-state index contributed by atoms with van der Waals surface area (Å²) in [5, 5.41) is 0.713. The van der Waals surface area contributed by atoms with Gasteiger partial charge >= 0.3 is 11.9 Å². The summed E-state index contributed by atoms with van der Waals surface area (Å²) in [5.74, 6) is -1.30. The van der Waals surface area contributed by atoms with Crippen LogP contribution >= 0.6 is 31.9 Å². The summed E-state index contributed by atoms with van der Waals surface area (Å²) < 4.78 is 35.1. The summed E-state index contributed by atoms with van der Waals surface area (Å²) in [7, 11) is 2.66. The molecule has 0 radical (unpaired) electrons. The largest absolute Gasteiger partial charge is 0.465 e. The first-order chi connectivity index (χ1) is 20.3. The molecule has 0 N–H and O–H groups in total. The first-order valence-corrected chi connectivity index (χ1v) is 15.0. The van der Waals surface area contributed by atoms with E-state index in [2.05, 4.69) is 51.3 Å². The average Bonchev–Trinajstić information content (AvgIpc) is 3.03. The van der Waals surface area contributed by atoms with E-state index in [1.807, 2.05) is 33.8 Å². The topological polar surface area (TPSA) is 78.4 Å². The molecule has 10 heteroatoms. The molecule has 42 heavy (non-hydrogen) atoms. The van der Waals surface area contributed by atoms with E-state index < -0.39 is 5.97 Å². The van der Waals surface area contributed by atoms with Gasteiger partial charge in [0.1, 0.15) is 16.2 Å². The minimum absolute atomic E-state index is 0.174. The lowest BCUT2D eigenvalue weighted by Gasteiger charge is -2.06. The van der Waals surface area contributed by atoms with Crippen molar-refractivity contribution in [3.05, 3.63) is 129 Å². The molecule has 4 rings (SSSR count). The van der Waals surface area contributed by atoms with Gasteiger partial charge in [0.05, 0.1) is 31.0 Å². The zero-order valence-electron chi connectivity index (χ0n) is 24.5. The predicted octanol–water partition coefficient (Wildman–Crippen LogP) is 9.00. The predicted molar refractivity (Wildman–Crippen MR) is 170 cm³/mol. The van der Waals surface area contributed by atoms with Gasteiger partial charge in [-0.2, -0.15) is 0 Å². The number of halogens is 4. The van der Waals surface area contributed by atoms with Crippen molar-refractivity contribution in [3.63, 3.8) is 0 Å². The summed E-state index contributed by atoms with van der Waals surface area (Å²) in [6.07, 6.45) is 3.58. The molecule has 0 aliphatic heterocycles. The molecule has 0 aliphatic rings. The van der Waals surface area contributed by atoms with E-state index in [0.717, 1.165) is 11.1 Å². The zero-order chi connectivity index (χ0) is 31.9. The SMILES string of the molecule is CC.CC.COC(=O)c1cccnc1Br.COC(=O)c1cccnc1Cc1cccc(F)c1.Fc1cccc(CBr)c1. The molecule has 226 valence electrons. The number of rotatable bonds is 5. The van der Waals surface area contributed by atoms with E-state index >= 15 is 0 Å². The maximum absolute atomic E-state index is 13.1. The second-order valence-electron chi connectivity index (χ2n) is 7.39. The van der Waals surface area contributed by atoms with Crippen LogP contribution in [0.1, 0.15) is 65.2 Å². The molecule has 4 aromatic rings. The van der Waals surface area contributed by atoms with E-state index in [9.17, 15) is 18.4 Å². The van der Waals surface area contributed by atoms with Gasteiger partial charge in [0, 0.05) is 24.1 Å². The van der Waals surface area contributed by atoms with Crippen molar-refractivity contribution in [2.45, 2.75) is 39.4 Å². The van der Waals surface area contributed by atoms with Gasteiger partial charge in [-0.15, -0.1) is 0 Å². The van der Waals surface area contributed by atoms with E-state index in [-0.39, 0.29) is 17.6 Å². The Bertz CT molecular complexity index is 1360. The molecule has 0 unspecified atom stereocenters. The Labute approximate surface area is 263 Å². The molecular weight excluding hydrogens is 674 g/mol. The van der Waals surface area contributed by atoms with Crippen molar-refractivity contribution in [1.82, 2.24) is 9.97 Å². The number of hydrogen-bond acceptors (Lipinski definition) is 6. The second kappa shape index (κ2) is 23.1. The van der Waals surface area contributed by atoms with Gasteiger partial charge in [0.2, 0.25) is 0 Å². The van der Waals surface area contributed by atoms with Crippen molar-refractivity contribution >= 4 is 43.8 Å². The maximum Gasteiger partial charge on any atom is 0.340 e. The first-order valence-electron chi connectivity index (χ1n) is 13.0. The third kappa shape index (κ3) is 14.4. The van der Waals surface area contributed by atoms with Crippen LogP contribution < -0.4 is 0 Å². The Morgan fingerprint density at radius 2 is 1.19 bits per heavy atom. The fourth-order valence-corrected chi connectivity index (χ4v) is 3.74. The number of pyridine rings is 2. The molecular formula is C32H36Br2F2N2O4. The number of alkyl halides is 1. The molecule has 0 bridgehead atoms. The fraction of sp³-hybridized carbons (Fsp3) is 0.250. The van der Waals surface area contributed by atoms with Gasteiger partial charge in [0.25, 0.3) is 0 Å². The number of carbonyl (C=O) groups excluding carboxylic acids is 2. The lowest BCUT2D eigenvalue weighted by molar-refractivity contribution is 0.0590. The minimum atomic E-state index is -0.436. The van der Waals surface area contributed by atoms with Crippen LogP contribution in [0.5, 0.6) is 0 Å². The highest BCUT2D eigenvalue weighted by Crippen LogP contribution is 2.14. The van der Waals surface area contributed by atoms with Crippen LogP contribution in [0.25, 0.3) is 0 Å². The molecule has 2 aromatic heterocycles. The van der Waals surface area contributed by atoms with Crippen LogP contribution in [0, 0.1) is 11.6 Å². The van der Waals surface area contributed by atoms with Crippen LogP contribution in [-0.4, -0.2) is 36.1 Å². The van der Waals surface area contributed by atoms with Gasteiger partial charge in [-0.1, -0.05) is 67.9 Å². The number of nitrogens with zero attached hydrogens (tertiary/aromatic N) is 2. The number of carbonyl (C=O) groups is 2. The van der Waals surface area contributed by atoms with Crippen molar-refractivity contribution < 1.29 is 27.8 Å². The number of aromatic nitrogens is 2. The third-order valence-electron chi connectivity index (χ3n) is 4.76. The molecule has 0 saturated heterocycles. The Kier molecular flexibility index (Phi) is 21.2. The second-order valence-corrected chi connectivity index (χ2v) is 8.70. The normalized spacial score (nSPS) is 9.10. The molecule has 2 aromatic carbocycles. The first kappa shape index (κ1) is 38.5. The van der Waals surface area contributed by atoms with Crippen molar-refractivity contribution in [3.8, 4) is 0 Å². The standard InChI is InChI=1S/C14H12FNO2.C7H6BrF.C7H6BrNO2.2C2H6/c1-18-14(17)12-6-3-7-16-13(12)9-10-4-2-5-11(15)8-10;8-5-6-2-1-3-7(9)4-6;1-11-7(10)5-3-2-4-9-6(5)8;2*1-2/h2-8H,9H2,1H3;1-4H,5H2;2-4H,1H3;2*1-2H3. The molecule has 2 heterocycles. The van der Waals surface area contributed by atoms with Crippen LogP contribution in [0.2, 0.25) is 0 Å². The van der Waals surface area contributed by atoms with Crippen LogP contribution in [0.3, 0.4) is 0 Å². The number of ether oxygens (including phenoxy) is 2. The summed E-state index contributed by atoms with van der Waals surface area (Å²) >= 11 is 6.35. The smallest absolute Gasteiger partial charge is 0.340 e. The Hall–Kier alpha value is -3.50. The van der Waals surface area contributed by atoms with E-state index in [1.165, 1.54) is 38.5 Å². The van der Waals surface area contributed by atoms with Gasteiger partial charge in [-0.3, -0.25) is 4.98 Å². The van der Waals surface area contributed by atoms with Crippen molar-refractivity contribution in [2.24, 2.45) is 0 Å². The summed E-state index contributed by atoms with van der Waals surface area (Å²) in [4.78, 5) is 30.5. The number of esters is 2. The highest BCUT2D eigenvalue weighted by molar-refractivity contribution is 9.10. The summed E-state index contributed by atoms with van der Waals surface area (Å²) in [6.45, 7) is 8.00. The van der Waals surface area contributed by atoms with Gasteiger partial charge < -0.3 is 9.47 Å². The molecule has 0 atom stereocenters. The zero-order valence-corrected chi connectivity index (χ0v) is 27.7. The summed E-state index contributed by atoms with van der Waals surface area (Å²) in [6, 6.07) is 19.4. The molecule has 0 aliphatic carbocycles. The third-order valence-corrected chi connectivity index (χ3v) is 6.04. The van der Waals surface area contributed by atoms with E-state index in [0.29, 0.717) is 33.2 Å². The van der Waals surface area contributed by atoms with Gasteiger partial charge in [0.15, 0.2) is 0 Å². The molecule has 0 fully saturated rings. The number of benzene rings is 2. The molecule has 0 amide bonds. The number of methoxy groups -OCH3 is 2. The van der Waals surface area contributed by atoms with Crippen LogP contribution in [0.15, 0.2) is 89.8 Å². The number of hydrogen-bond donors (Lipinski definition) is 0. The quantitative estimate of drug-likeness (QED) is 0.117. The van der Waals surface area contributed by atoms with Crippen molar-refractivity contribution in [2.75, 3.05) is 14.2 Å². The molecule has 6 nitrogen and oxygen atoms in total. The Morgan fingerprint density at radius 1 is 0.714 bits per heavy atom. The lowest BCUT2D eigenvalue weighted by atomic mass is 10.1. The highest BCUT2D eigenvalue weighted by Gasteiger charge is 2.13. The van der Waals surface area contributed by atoms with Gasteiger partial charge in [-0.05, 0) is 75.6 Å². The van der Waals surface area contributed by atoms with Gasteiger partial charge in [-0.25, -0.2) is 23.4 Å². The molecule has 0 spiro atoms. The monoisotopic (exact) mass is 708 g/mol. The average molecular weight is 710 g/mol. The highest BCUT2D eigenvalue weighted by atomic mass is 79.9. The van der Waals surface area contributed by atoms with E-state index in [1.54, 1.807) is 54.9 Å². The Balaban J connectivity index is 0.000000602. The van der Waals surface area contributed by atoms with E-state index in [4.69, 9.17) is 0 Å². The fourth-order valence-electron chi connectivity index (χ4n) is 2.98. The lowest BCUT2D eigenvalue weighted by Crippen LogP contribution is -2.07. The van der Waals surface area contributed by atoms with Crippen LogP contribution in [-0.2, 0) is 21.2 Å². The Morgan fingerprint density at radius 3 is 1.67 bits per heavy atom. The molecule has 0 saturated carbocycles. The maximum atomic E-state index is 13.1. The van der Waals surface area contributed by atoms with Crippen molar-refractivity contribution in [1.29, 1.82) is 0 Å². The minimum Gasteiger partial charge on any atom is -0.465 e.